The summed E-state index contributed by atoms with van der Waals surface area (Å²) < 4.78 is 37.4. The van der Waals surface area contributed by atoms with Crippen LogP contribution in [0.25, 0.3) is 0 Å². The lowest BCUT2D eigenvalue weighted by atomic mass is 10.1. The van der Waals surface area contributed by atoms with Crippen LogP contribution in [-0.2, 0) is 35.5 Å². The number of benzene rings is 1. The Morgan fingerprint density at radius 2 is 1.80 bits per heavy atom. The summed E-state index contributed by atoms with van der Waals surface area (Å²) in [5.74, 6) is -0.666. The Hall–Kier alpha value is -1.97. The smallest absolute Gasteiger partial charge is 0.306 e. The number of aryl methyl sites for hydroxylation is 1. The number of carbonyl (C=O) groups is 2. The molecule has 0 aromatic heterocycles. The van der Waals surface area contributed by atoms with Crippen LogP contribution >= 0.6 is 0 Å². The molecule has 1 aromatic carbocycles. The molecule has 2 heterocycles. The molecular formula is C21H30N2O6S. The van der Waals surface area contributed by atoms with Crippen LogP contribution in [0.3, 0.4) is 0 Å². The average Bonchev–Trinajstić information content (AvgIpc) is 2.77. The van der Waals surface area contributed by atoms with Crippen molar-refractivity contribution in [3.8, 4) is 0 Å². The minimum Gasteiger partial charge on any atom is -0.456 e. The summed E-state index contributed by atoms with van der Waals surface area (Å²) in [6.07, 6.45) is 3.40. The van der Waals surface area contributed by atoms with Gasteiger partial charge in [-0.15, -0.1) is 0 Å². The van der Waals surface area contributed by atoms with E-state index in [1.54, 1.807) is 29.2 Å². The van der Waals surface area contributed by atoms with E-state index in [1.165, 1.54) is 4.31 Å². The van der Waals surface area contributed by atoms with E-state index in [-0.39, 0.29) is 29.9 Å². The molecule has 0 N–H and O–H groups in total. The van der Waals surface area contributed by atoms with Gasteiger partial charge >= 0.3 is 5.97 Å². The zero-order valence-electron chi connectivity index (χ0n) is 17.4. The van der Waals surface area contributed by atoms with Crippen molar-refractivity contribution in [1.29, 1.82) is 0 Å². The molecule has 2 fully saturated rings. The third kappa shape index (κ3) is 6.02. The molecule has 2 saturated heterocycles. The molecule has 2 aliphatic rings. The second kappa shape index (κ2) is 10.4. The molecule has 1 atom stereocenters. The highest BCUT2D eigenvalue weighted by Crippen LogP contribution is 2.21. The SMILES string of the molecule is CC1CN(C(=O)COC(=O)CCc2ccc(S(=O)(=O)N3CCCCC3)cc2)CCO1. The lowest BCUT2D eigenvalue weighted by Crippen LogP contribution is -2.46. The first-order chi connectivity index (χ1) is 14.4. The first-order valence-corrected chi connectivity index (χ1v) is 11.9. The largest absolute Gasteiger partial charge is 0.456 e. The number of ether oxygens (including phenoxy) is 2. The number of amides is 1. The highest BCUT2D eigenvalue weighted by Gasteiger charge is 2.26. The van der Waals surface area contributed by atoms with E-state index >= 15 is 0 Å². The van der Waals surface area contributed by atoms with E-state index in [1.807, 2.05) is 6.92 Å². The number of rotatable bonds is 7. The molecule has 1 aromatic rings. The maximum atomic E-state index is 12.7. The molecule has 1 unspecified atom stereocenters. The van der Waals surface area contributed by atoms with Crippen LogP contribution in [-0.4, -0.2) is 75.0 Å². The van der Waals surface area contributed by atoms with Crippen LogP contribution in [0.5, 0.6) is 0 Å². The maximum absolute atomic E-state index is 12.7. The Kier molecular flexibility index (Phi) is 7.85. The number of piperidine rings is 1. The Balaban J connectivity index is 1.44. The highest BCUT2D eigenvalue weighted by molar-refractivity contribution is 7.89. The number of esters is 1. The predicted molar refractivity (Wildman–Crippen MR) is 110 cm³/mol. The maximum Gasteiger partial charge on any atom is 0.306 e. The molecule has 0 radical (unpaired) electrons. The number of hydrogen-bond acceptors (Lipinski definition) is 6. The van der Waals surface area contributed by atoms with Gasteiger partial charge < -0.3 is 14.4 Å². The van der Waals surface area contributed by atoms with Crippen LogP contribution in [0.4, 0.5) is 0 Å². The van der Waals surface area contributed by atoms with Crippen molar-refractivity contribution in [3.63, 3.8) is 0 Å². The summed E-state index contributed by atoms with van der Waals surface area (Å²) in [4.78, 5) is 26.0. The number of morpholine rings is 1. The Morgan fingerprint density at radius 1 is 1.10 bits per heavy atom. The van der Waals surface area contributed by atoms with E-state index in [4.69, 9.17) is 9.47 Å². The highest BCUT2D eigenvalue weighted by atomic mass is 32.2. The van der Waals surface area contributed by atoms with Crippen molar-refractivity contribution in [1.82, 2.24) is 9.21 Å². The van der Waals surface area contributed by atoms with E-state index in [2.05, 4.69) is 0 Å². The van der Waals surface area contributed by atoms with Gasteiger partial charge in [-0.25, -0.2) is 8.42 Å². The molecule has 0 aliphatic carbocycles. The molecule has 8 nitrogen and oxygen atoms in total. The second-order valence-electron chi connectivity index (χ2n) is 7.79. The van der Waals surface area contributed by atoms with Gasteiger partial charge in [0, 0.05) is 32.6 Å². The second-order valence-corrected chi connectivity index (χ2v) is 9.73. The van der Waals surface area contributed by atoms with Crippen LogP contribution in [0.15, 0.2) is 29.2 Å². The van der Waals surface area contributed by atoms with Crippen LogP contribution in [0.2, 0.25) is 0 Å². The van der Waals surface area contributed by atoms with Crippen molar-refractivity contribution >= 4 is 21.9 Å². The number of hydrogen-bond donors (Lipinski definition) is 0. The van der Waals surface area contributed by atoms with Gasteiger partial charge in [0.2, 0.25) is 10.0 Å². The fraction of sp³-hybridized carbons (Fsp3) is 0.619. The molecule has 30 heavy (non-hydrogen) atoms. The molecule has 0 spiro atoms. The van der Waals surface area contributed by atoms with Crippen molar-refractivity contribution in [2.24, 2.45) is 0 Å². The third-order valence-corrected chi connectivity index (χ3v) is 7.36. The molecule has 166 valence electrons. The molecular weight excluding hydrogens is 408 g/mol. The molecule has 1 amide bonds. The lowest BCUT2D eigenvalue weighted by Gasteiger charge is -2.30. The third-order valence-electron chi connectivity index (χ3n) is 5.44. The van der Waals surface area contributed by atoms with E-state index in [0.29, 0.717) is 39.2 Å². The quantitative estimate of drug-likeness (QED) is 0.600. The van der Waals surface area contributed by atoms with Gasteiger partial charge in [0.1, 0.15) is 0 Å². The van der Waals surface area contributed by atoms with Crippen molar-refractivity contribution in [3.05, 3.63) is 29.8 Å². The van der Waals surface area contributed by atoms with E-state index in [9.17, 15) is 18.0 Å². The van der Waals surface area contributed by atoms with Crippen LogP contribution < -0.4 is 0 Å². The average molecular weight is 439 g/mol. The summed E-state index contributed by atoms with van der Waals surface area (Å²) in [6.45, 7) is 4.27. The van der Waals surface area contributed by atoms with Gasteiger partial charge in [-0.2, -0.15) is 4.31 Å². The Labute approximate surface area is 178 Å². The van der Waals surface area contributed by atoms with Crippen LogP contribution in [0.1, 0.15) is 38.2 Å². The monoisotopic (exact) mass is 438 g/mol. The summed E-state index contributed by atoms with van der Waals surface area (Å²) in [5, 5.41) is 0. The van der Waals surface area contributed by atoms with E-state index in [0.717, 1.165) is 24.8 Å². The molecule has 3 rings (SSSR count). The normalized spacial score (nSPS) is 20.7. The molecule has 9 heteroatoms. The zero-order chi connectivity index (χ0) is 21.6. The topological polar surface area (TPSA) is 93.2 Å². The van der Waals surface area contributed by atoms with Gasteiger partial charge in [0.25, 0.3) is 5.91 Å². The van der Waals surface area contributed by atoms with Crippen molar-refractivity contribution in [2.75, 3.05) is 39.4 Å². The summed E-state index contributed by atoms with van der Waals surface area (Å²) >= 11 is 0. The molecule has 2 aliphatic heterocycles. The van der Waals surface area contributed by atoms with Gasteiger partial charge in [0.15, 0.2) is 6.61 Å². The van der Waals surface area contributed by atoms with Crippen molar-refractivity contribution < 1.29 is 27.5 Å². The predicted octanol–water partition coefficient (Wildman–Crippen LogP) is 1.58. The summed E-state index contributed by atoms with van der Waals surface area (Å²) in [7, 11) is -3.45. The van der Waals surface area contributed by atoms with Gasteiger partial charge in [-0.3, -0.25) is 9.59 Å². The number of carbonyl (C=O) groups excluding carboxylic acids is 2. The lowest BCUT2D eigenvalue weighted by molar-refractivity contribution is -0.154. The van der Waals surface area contributed by atoms with Gasteiger partial charge in [-0.05, 0) is 43.9 Å². The first kappa shape index (κ1) is 22.7. The minimum absolute atomic E-state index is 0.0138. The number of nitrogens with zero attached hydrogens (tertiary/aromatic N) is 2. The van der Waals surface area contributed by atoms with Crippen LogP contribution in [0, 0.1) is 0 Å². The minimum atomic E-state index is -3.45. The standard InChI is InChI=1S/C21H30N2O6S/c1-17-15-22(13-14-28-17)20(24)16-29-21(25)10-7-18-5-8-19(9-6-18)30(26,27)23-11-3-2-4-12-23/h5-6,8-9,17H,2-4,7,10-16H2,1H3. The van der Waals surface area contributed by atoms with Gasteiger partial charge in [-0.1, -0.05) is 18.6 Å². The Bertz CT molecular complexity index is 834. The van der Waals surface area contributed by atoms with Gasteiger partial charge in [0.05, 0.1) is 17.6 Å². The first-order valence-electron chi connectivity index (χ1n) is 10.5. The Morgan fingerprint density at radius 3 is 2.47 bits per heavy atom. The number of sulfonamides is 1. The van der Waals surface area contributed by atoms with Crippen molar-refractivity contribution in [2.45, 2.75) is 50.0 Å². The van der Waals surface area contributed by atoms with E-state index < -0.39 is 16.0 Å². The zero-order valence-corrected chi connectivity index (χ0v) is 18.2. The fourth-order valence-corrected chi connectivity index (χ4v) is 5.20. The fourth-order valence-electron chi connectivity index (χ4n) is 3.68. The summed E-state index contributed by atoms with van der Waals surface area (Å²) in [5.41, 5.74) is 0.845. The molecule has 0 saturated carbocycles. The molecule has 0 bridgehead atoms. The summed E-state index contributed by atoms with van der Waals surface area (Å²) in [6, 6.07) is 6.64.